The Hall–Kier alpha value is -1.71. The van der Waals surface area contributed by atoms with Gasteiger partial charge in [0, 0.05) is 22.1 Å². The van der Waals surface area contributed by atoms with E-state index in [9.17, 15) is 0 Å². The van der Waals surface area contributed by atoms with Gasteiger partial charge in [-0.15, -0.1) is 0 Å². The molecule has 3 aromatic rings. The molecule has 0 spiro atoms. The number of nitrogens with two attached hydrogens (primary N) is 1. The summed E-state index contributed by atoms with van der Waals surface area (Å²) in [5, 5.41) is 1.14. The lowest BCUT2D eigenvalue weighted by atomic mass is 9.96. The Morgan fingerprint density at radius 2 is 1.90 bits per heavy atom. The Labute approximate surface area is 126 Å². The lowest BCUT2D eigenvalue weighted by molar-refractivity contribution is 0.727. The molecule has 0 aliphatic heterocycles. The van der Waals surface area contributed by atoms with E-state index >= 15 is 0 Å². The van der Waals surface area contributed by atoms with E-state index in [0.717, 1.165) is 27.4 Å². The van der Waals surface area contributed by atoms with Crippen LogP contribution >= 0.6 is 15.9 Å². The first-order valence-corrected chi connectivity index (χ1v) is 7.37. The number of pyridine rings is 1. The topological polar surface area (TPSA) is 38.9 Å². The maximum absolute atomic E-state index is 6.40. The smallest absolute Gasteiger partial charge is 0.0705 e. The molecule has 2 nitrogen and oxygen atoms in total. The minimum atomic E-state index is -0.0304. The monoisotopic (exact) mass is 326 g/mol. The fourth-order valence-corrected chi connectivity index (χ4v) is 2.92. The van der Waals surface area contributed by atoms with Gasteiger partial charge < -0.3 is 5.73 Å². The average Bonchev–Trinajstić information content (AvgIpc) is 2.46. The SMILES string of the molecule is NC(Cc1cccc(Br)c1)c1cccc2ncccc12. The van der Waals surface area contributed by atoms with Crippen molar-refractivity contribution in [3.05, 3.63) is 76.4 Å². The van der Waals surface area contributed by atoms with Crippen molar-refractivity contribution < 1.29 is 0 Å². The Morgan fingerprint density at radius 1 is 1.05 bits per heavy atom. The number of aromatic nitrogens is 1. The molecular formula is C17H15BrN2. The van der Waals surface area contributed by atoms with Crippen molar-refractivity contribution >= 4 is 26.8 Å². The molecule has 1 atom stereocenters. The summed E-state index contributed by atoms with van der Waals surface area (Å²) < 4.78 is 1.08. The molecule has 1 heterocycles. The summed E-state index contributed by atoms with van der Waals surface area (Å²) in [7, 11) is 0. The van der Waals surface area contributed by atoms with Crippen LogP contribution in [0.4, 0.5) is 0 Å². The molecule has 0 fully saturated rings. The third kappa shape index (κ3) is 2.74. The van der Waals surface area contributed by atoms with Crippen molar-refractivity contribution in [2.45, 2.75) is 12.5 Å². The Morgan fingerprint density at radius 3 is 2.75 bits per heavy atom. The lowest BCUT2D eigenvalue weighted by Crippen LogP contribution is -2.13. The van der Waals surface area contributed by atoms with Gasteiger partial charge in [0.15, 0.2) is 0 Å². The molecule has 1 unspecified atom stereocenters. The van der Waals surface area contributed by atoms with Gasteiger partial charge in [-0.05, 0) is 41.8 Å². The molecular weight excluding hydrogens is 312 g/mol. The van der Waals surface area contributed by atoms with Crippen molar-refractivity contribution in [2.75, 3.05) is 0 Å². The summed E-state index contributed by atoms with van der Waals surface area (Å²) in [6.45, 7) is 0. The van der Waals surface area contributed by atoms with Gasteiger partial charge >= 0.3 is 0 Å². The summed E-state index contributed by atoms with van der Waals surface area (Å²) in [4.78, 5) is 4.38. The van der Waals surface area contributed by atoms with Crippen molar-refractivity contribution in [2.24, 2.45) is 5.73 Å². The molecule has 0 radical (unpaired) electrons. The van der Waals surface area contributed by atoms with Crippen LogP contribution < -0.4 is 5.73 Å². The van der Waals surface area contributed by atoms with Crippen LogP contribution in [0.3, 0.4) is 0 Å². The molecule has 0 bridgehead atoms. The van der Waals surface area contributed by atoms with Crippen LogP contribution in [0.1, 0.15) is 17.2 Å². The fraction of sp³-hybridized carbons (Fsp3) is 0.118. The standard InChI is InChI=1S/C17H15BrN2/c18-13-5-1-4-12(10-13)11-16(19)14-6-2-8-17-15(14)7-3-9-20-17/h1-10,16H,11,19H2. The zero-order chi connectivity index (χ0) is 13.9. The Balaban J connectivity index is 1.94. The highest BCUT2D eigenvalue weighted by molar-refractivity contribution is 9.10. The molecule has 3 heteroatoms. The van der Waals surface area contributed by atoms with Crippen LogP contribution in [0.2, 0.25) is 0 Å². The van der Waals surface area contributed by atoms with Crippen molar-refractivity contribution in [3.63, 3.8) is 0 Å². The minimum Gasteiger partial charge on any atom is -0.324 e. The second kappa shape index (κ2) is 5.73. The second-order valence-corrected chi connectivity index (χ2v) is 5.77. The van der Waals surface area contributed by atoms with E-state index < -0.39 is 0 Å². The molecule has 0 saturated carbocycles. The molecule has 20 heavy (non-hydrogen) atoms. The van der Waals surface area contributed by atoms with Gasteiger partial charge in [0.25, 0.3) is 0 Å². The van der Waals surface area contributed by atoms with Crippen LogP contribution in [0.15, 0.2) is 65.3 Å². The average molecular weight is 327 g/mol. The van der Waals surface area contributed by atoms with Crippen molar-refractivity contribution in [1.29, 1.82) is 0 Å². The third-order valence-electron chi connectivity index (χ3n) is 3.42. The number of hydrogen-bond donors (Lipinski definition) is 1. The van der Waals surface area contributed by atoms with Gasteiger partial charge in [-0.1, -0.05) is 46.3 Å². The highest BCUT2D eigenvalue weighted by Crippen LogP contribution is 2.24. The van der Waals surface area contributed by atoms with Gasteiger partial charge in [-0.2, -0.15) is 0 Å². The van der Waals surface area contributed by atoms with E-state index in [2.05, 4.69) is 45.2 Å². The molecule has 3 rings (SSSR count). The van der Waals surface area contributed by atoms with Gasteiger partial charge in [-0.25, -0.2) is 0 Å². The van der Waals surface area contributed by atoms with Gasteiger partial charge in [-0.3, -0.25) is 4.98 Å². The zero-order valence-corrected chi connectivity index (χ0v) is 12.5. The van der Waals surface area contributed by atoms with E-state index in [4.69, 9.17) is 5.73 Å². The number of halogens is 1. The number of fused-ring (bicyclic) bond motifs is 1. The lowest BCUT2D eigenvalue weighted by Gasteiger charge is -2.14. The van der Waals surface area contributed by atoms with Crippen LogP contribution in [0.25, 0.3) is 10.9 Å². The Bertz CT molecular complexity index is 734. The van der Waals surface area contributed by atoms with Crippen molar-refractivity contribution in [1.82, 2.24) is 4.98 Å². The third-order valence-corrected chi connectivity index (χ3v) is 3.92. The van der Waals surface area contributed by atoms with E-state index in [1.165, 1.54) is 5.56 Å². The van der Waals surface area contributed by atoms with Crippen LogP contribution in [-0.2, 0) is 6.42 Å². The first-order chi connectivity index (χ1) is 9.74. The quantitative estimate of drug-likeness (QED) is 0.781. The number of nitrogens with zero attached hydrogens (tertiary/aromatic N) is 1. The molecule has 1 aromatic heterocycles. The summed E-state index contributed by atoms with van der Waals surface area (Å²) in [5.74, 6) is 0. The number of benzene rings is 2. The van der Waals surface area contributed by atoms with Gasteiger partial charge in [0.05, 0.1) is 5.52 Å². The predicted molar refractivity (Wildman–Crippen MR) is 86.5 cm³/mol. The summed E-state index contributed by atoms with van der Waals surface area (Å²) in [6, 6.07) is 18.4. The minimum absolute atomic E-state index is 0.0304. The zero-order valence-electron chi connectivity index (χ0n) is 11.0. The Kier molecular flexibility index (Phi) is 3.81. The van der Waals surface area contributed by atoms with Gasteiger partial charge in [0.2, 0.25) is 0 Å². The number of rotatable bonds is 3. The van der Waals surface area contributed by atoms with Crippen LogP contribution in [0, 0.1) is 0 Å². The van der Waals surface area contributed by atoms with Crippen molar-refractivity contribution in [3.8, 4) is 0 Å². The highest BCUT2D eigenvalue weighted by Gasteiger charge is 2.11. The van der Waals surface area contributed by atoms with E-state index in [-0.39, 0.29) is 6.04 Å². The molecule has 2 N–H and O–H groups in total. The van der Waals surface area contributed by atoms with E-state index in [1.54, 1.807) is 0 Å². The van der Waals surface area contributed by atoms with Crippen LogP contribution in [-0.4, -0.2) is 4.98 Å². The summed E-state index contributed by atoms with van der Waals surface area (Å²) in [6.07, 6.45) is 2.62. The maximum Gasteiger partial charge on any atom is 0.0705 e. The molecule has 0 aliphatic carbocycles. The largest absolute Gasteiger partial charge is 0.324 e. The summed E-state index contributed by atoms with van der Waals surface area (Å²) >= 11 is 3.50. The predicted octanol–water partition coefficient (Wildman–Crippen LogP) is 4.24. The first-order valence-electron chi connectivity index (χ1n) is 6.58. The highest BCUT2D eigenvalue weighted by atomic mass is 79.9. The molecule has 0 saturated heterocycles. The maximum atomic E-state index is 6.40. The normalized spacial score (nSPS) is 12.5. The first kappa shape index (κ1) is 13.3. The second-order valence-electron chi connectivity index (χ2n) is 4.86. The van der Waals surface area contributed by atoms with Crippen LogP contribution in [0.5, 0.6) is 0 Å². The number of hydrogen-bond acceptors (Lipinski definition) is 2. The van der Waals surface area contributed by atoms with Gasteiger partial charge in [0.1, 0.15) is 0 Å². The summed E-state index contributed by atoms with van der Waals surface area (Å²) in [5.41, 5.74) is 9.77. The molecule has 100 valence electrons. The van der Waals surface area contributed by atoms with E-state index in [1.807, 2.05) is 36.5 Å². The fourth-order valence-electron chi connectivity index (χ4n) is 2.48. The molecule has 0 amide bonds. The molecule has 2 aromatic carbocycles. The molecule has 0 aliphatic rings. The van der Waals surface area contributed by atoms with E-state index in [0.29, 0.717) is 0 Å².